The molecule has 4 aliphatic rings. The van der Waals surface area contributed by atoms with Crippen LogP contribution in [-0.2, 0) is 14.4 Å². The van der Waals surface area contributed by atoms with Crippen LogP contribution in [0.15, 0.2) is 12.2 Å². The normalized spacial score (nSPS) is 39.1. The average Bonchev–Trinajstić information content (AvgIpc) is 2.65. The Kier molecular flexibility index (Phi) is 2.33. The van der Waals surface area contributed by atoms with Crippen LogP contribution in [0.4, 0.5) is 0 Å². The Hall–Kier alpha value is -1.65. The van der Waals surface area contributed by atoms with Gasteiger partial charge in [0.05, 0.1) is 11.8 Å². The molecule has 1 aliphatic heterocycles. The van der Waals surface area contributed by atoms with E-state index >= 15 is 0 Å². The van der Waals surface area contributed by atoms with E-state index in [-0.39, 0.29) is 35.5 Å². The van der Waals surface area contributed by atoms with Gasteiger partial charge in [-0.1, -0.05) is 12.2 Å². The molecule has 0 aromatic carbocycles. The molecule has 1 heterocycles. The highest BCUT2D eigenvalue weighted by atomic mass is 16.2. The molecule has 1 saturated carbocycles. The SMILES string of the molecule is CC(C(N)=O)N1C(=O)C2C3C=CC(CC3)C2C1=O. The Labute approximate surface area is 105 Å². The van der Waals surface area contributed by atoms with Gasteiger partial charge >= 0.3 is 0 Å². The van der Waals surface area contributed by atoms with Crippen molar-refractivity contribution in [1.29, 1.82) is 0 Å². The average molecular weight is 248 g/mol. The first kappa shape index (κ1) is 11.4. The zero-order valence-corrected chi connectivity index (χ0v) is 10.2. The van der Waals surface area contributed by atoms with Crippen molar-refractivity contribution in [1.82, 2.24) is 4.90 Å². The quantitative estimate of drug-likeness (QED) is 0.554. The Morgan fingerprint density at radius 2 is 1.67 bits per heavy atom. The topological polar surface area (TPSA) is 80.5 Å². The fourth-order valence-corrected chi connectivity index (χ4v) is 3.61. The Morgan fingerprint density at radius 1 is 1.22 bits per heavy atom. The molecule has 0 aromatic rings. The van der Waals surface area contributed by atoms with Crippen molar-refractivity contribution in [2.24, 2.45) is 29.4 Å². The van der Waals surface area contributed by atoms with Crippen molar-refractivity contribution in [3.8, 4) is 0 Å². The van der Waals surface area contributed by atoms with Crippen molar-refractivity contribution in [3.05, 3.63) is 12.2 Å². The van der Waals surface area contributed by atoms with Crippen LogP contribution in [0.5, 0.6) is 0 Å². The highest BCUT2D eigenvalue weighted by molar-refractivity contribution is 6.08. The number of hydrogen-bond donors (Lipinski definition) is 1. The summed E-state index contributed by atoms with van der Waals surface area (Å²) in [5.41, 5.74) is 5.21. The number of allylic oxidation sites excluding steroid dienone is 2. The van der Waals surface area contributed by atoms with Crippen LogP contribution in [0, 0.1) is 23.7 Å². The number of likely N-dealkylation sites (tertiary alicyclic amines) is 1. The second-order valence-corrected chi connectivity index (χ2v) is 5.47. The molecule has 0 spiro atoms. The molecule has 96 valence electrons. The van der Waals surface area contributed by atoms with E-state index in [0.717, 1.165) is 17.7 Å². The lowest BCUT2D eigenvalue weighted by Gasteiger charge is -2.38. The molecule has 5 nitrogen and oxygen atoms in total. The van der Waals surface area contributed by atoms with Crippen molar-refractivity contribution in [2.75, 3.05) is 0 Å². The summed E-state index contributed by atoms with van der Waals surface area (Å²) in [5.74, 6) is -1.27. The van der Waals surface area contributed by atoms with Crippen LogP contribution in [0.25, 0.3) is 0 Å². The maximum atomic E-state index is 12.3. The van der Waals surface area contributed by atoms with E-state index in [4.69, 9.17) is 5.73 Å². The van der Waals surface area contributed by atoms with Crippen LogP contribution in [0.1, 0.15) is 19.8 Å². The molecule has 2 bridgehead atoms. The Balaban J connectivity index is 1.97. The minimum atomic E-state index is -0.838. The highest BCUT2D eigenvalue weighted by Crippen LogP contribution is 2.49. The third-order valence-corrected chi connectivity index (χ3v) is 4.59. The maximum absolute atomic E-state index is 12.3. The lowest BCUT2D eigenvalue weighted by Crippen LogP contribution is -2.46. The first-order valence-electron chi connectivity index (χ1n) is 6.37. The van der Waals surface area contributed by atoms with E-state index in [1.807, 2.05) is 0 Å². The third-order valence-electron chi connectivity index (χ3n) is 4.59. The van der Waals surface area contributed by atoms with Gasteiger partial charge in [0.25, 0.3) is 0 Å². The fourth-order valence-electron chi connectivity index (χ4n) is 3.61. The van der Waals surface area contributed by atoms with Gasteiger partial charge in [-0.3, -0.25) is 19.3 Å². The molecule has 0 radical (unpaired) electrons. The second-order valence-electron chi connectivity index (χ2n) is 5.47. The molecular formula is C13H16N2O3. The van der Waals surface area contributed by atoms with Gasteiger partial charge in [0, 0.05) is 0 Å². The number of carbonyl (C=O) groups is 3. The Morgan fingerprint density at radius 3 is 2.00 bits per heavy atom. The predicted molar refractivity (Wildman–Crippen MR) is 62.8 cm³/mol. The number of primary amides is 1. The Bertz CT molecular complexity index is 439. The van der Waals surface area contributed by atoms with Gasteiger partial charge in [-0.15, -0.1) is 0 Å². The zero-order valence-electron chi connectivity index (χ0n) is 10.2. The highest BCUT2D eigenvalue weighted by Gasteiger charge is 2.57. The van der Waals surface area contributed by atoms with Crippen molar-refractivity contribution in [3.63, 3.8) is 0 Å². The van der Waals surface area contributed by atoms with Gasteiger partial charge in [-0.25, -0.2) is 0 Å². The van der Waals surface area contributed by atoms with E-state index in [1.54, 1.807) is 0 Å². The summed E-state index contributed by atoms with van der Waals surface area (Å²) in [6.45, 7) is 1.52. The van der Waals surface area contributed by atoms with Gasteiger partial charge in [-0.2, -0.15) is 0 Å². The van der Waals surface area contributed by atoms with Gasteiger partial charge in [0.1, 0.15) is 6.04 Å². The third kappa shape index (κ3) is 1.30. The number of rotatable bonds is 2. The zero-order chi connectivity index (χ0) is 13.0. The fraction of sp³-hybridized carbons (Fsp3) is 0.615. The van der Waals surface area contributed by atoms with Gasteiger partial charge < -0.3 is 5.73 Å². The van der Waals surface area contributed by atoms with E-state index in [0.29, 0.717) is 0 Å². The molecule has 2 fully saturated rings. The molecular weight excluding hydrogens is 232 g/mol. The summed E-state index contributed by atoms with van der Waals surface area (Å²) >= 11 is 0. The largest absolute Gasteiger partial charge is 0.368 e. The van der Waals surface area contributed by atoms with E-state index in [1.165, 1.54) is 6.92 Å². The number of fused-ring (bicyclic) bond motifs is 1. The number of hydrogen-bond acceptors (Lipinski definition) is 3. The van der Waals surface area contributed by atoms with E-state index < -0.39 is 11.9 Å². The molecule has 5 heteroatoms. The van der Waals surface area contributed by atoms with Gasteiger partial charge in [0.2, 0.25) is 17.7 Å². The minimum absolute atomic E-state index is 0.154. The van der Waals surface area contributed by atoms with E-state index in [9.17, 15) is 14.4 Å². The van der Waals surface area contributed by atoms with E-state index in [2.05, 4.69) is 12.2 Å². The summed E-state index contributed by atoms with van der Waals surface area (Å²) < 4.78 is 0. The van der Waals surface area contributed by atoms with Crippen molar-refractivity contribution < 1.29 is 14.4 Å². The molecule has 4 rings (SSSR count). The number of imide groups is 1. The molecule has 5 unspecified atom stereocenters. The van der Waals surface area contributed by atoms with Gasteiger partial charge in [-0.05, 0) is 31.6 Å². The molecule has 3 amide bonds. The second kappa shape index (κ2) is 3.67. The summed E-state index contributed by atoms with van der Waals surface area (Å²) in [4.78, 5) is 37.0. The van der Waals surface area contributed by atoms with Gasteiger partial charge in [0.15, 0.2) is 0 Å². The van der Waals surface area contributed by atoms with Crippen LogP contribution >= 0.6 is 0 Å². The molecule has 3 aliphatic carbocycles. The lowest BCUT2D eigenvalue weighted by molar-refractivity contribution is -0.146. The molecule has 1 saturated heterocycles. The lowest BCUT2D eigenvalue weighted by atomic mass is 9.63. The van der Waals surface area contributed by atoms with Crippen LogP contribution in [0.2, 0.25) is 0 Å². The number of nitrogens with zero attached hydrogens (tertiary/aromatic N) is 1. The minimum Gasteiger partial charge on any atom is -0.368 e. The molecule has 18 heavy (non-hydrogen) atoms. The van der Waals surface area contributed by atoms with Crippen LogP contribution in [-0.4, -0.2) is 28.7 Å². The van der Waals surface area contributed by atoms with Crippen LogP contribution < -0.4 is 5.73 Å². The number of nitrogens with two attached hydrogens (primary N) is 1. The molecule has 2 N–H and O–H groups in total. The summed E-state index contributed by atoms with van der Waals surface area (Å²) in [6.07, 6.45) is 6.03. The smallest absolute Gasteiger partial charge is 0.240 e. The van der Waals surface area contributed by atoms with Crippen molar-refractivity contribution in [2.45, 2.75) is 25.8 Å². The molecule has 5 atom stereocenters. The first-order valence-corrected chi connectivity index (χ1v) is 6.37. The summed E-state index contributed by atoms with van der Waals surface area (Å²) in [5, 5.41) is 0. The monoisotopic (exact) mass is 248 g/mol. The maximum Gasteiger partial charge on any atom is 0.240 e. The summed E-state index contributed by atoms with van der Waals surface area (Å²) in [6, 6.07) is -0.838. The summed E-state index contributed by atoms with van der Waals surface area (Å²) in [7, 11) is 0. The number of amides is 3. The number of carbonyl (C=O) groups excluding carboxylic acids is 3. The van der Waals surface area contributed by atoms with Crippen molar-refractivity contribution >= 4 is 17.7 Å². The molecule has 0 aromatic heterocycles. The predicted octanol–water partition coefficient (Wildman–Crippen LogP) is 0.0574. The standard InChI is InChI=1S/C13H16N2O3/c1-6(11(14)16)15-12(17)9-7-2-3-8(5-4-7)10(9)13(15)18/h2-3,6-10H,4-5H2,1H3,(H2,14,16). The first-order chi connectivity index (χ1) is 8.52. The van der Waals surface area contributed by atoms with Crippen LogP contribution in [0.3, 0.4) is 0 Å².